The Morgan fingerprint density at radius 1 is 1.13 bits per heavy atom. The van der Waals surface area contributed by atoms with E-state index in [0.29, 0.717) is 23.7 Å². The van der Waals surface area contributed by atoms with Gasteiger partial charge < -0.3 is 10.1 Å². The SMILES string of the molecule is CC(C)n1nc(-c2ccccc2)cc1NC(=O)c1ccc(OCc2cscn2)cc1. The molecule has 0 unspecified atom stereocenters. The lowest BCUT2D eigenvalue weighted by Gasteiger charge is -2.12. The van der Waals surface area contributed by atoms with Gasteiger partial charge in [-0.3, -0.25) is 4.79 Å². The first-order chi connectivity index (χ1) is 14.6. The van der Waals surface area contributed by atoms with Crippen LogP contribution in [0.4, 0.5) is 5.82 Å². The summed E-state index contributed by atoms with van der Waals surface area (Å²) in [4.78, 5) is 17.0. The van der Waals surface area contributed by atoms with Crippen LogP contribution in [-0.4, -0.2) is 20.7 Å². The highest BCUT2D eigenvalue weighted by atomic mass is 32.1. The number of hydrogen-bond donors (Lipinski definition) is 1. The molecule has 1 amide bonds. The molecular formula is C23H22N4O2S. The van der Waals surface area contributed by atoms with Crippen LogP contribution in [0.1, 0.15) is 35.9 Å². The summed E-state index contributed by atoms with van der Waals surface area (Å²) >= 11 is 1.53. The van der Waals surface area contributed by atoms with Gasteiger partial charge >= 0.3 is 0 Å². The third-order valence-corrected chi connectivity index (χ3v) is 5.16. The molecule has 0 saturated heterocycles. The van der Waals surface area contributed by atoms with Crippen molar-refractivity contribution >= 4 is 23.1 Å². The monoisotopic (exact) mass is 418 g/mol. The molecule has 0 radical (unpaired) electrons. The molecule has 2 heterocycles. The molecule has 2 aromatic heterocycles. The van der Waals surface area contributed by atoms with Gasteiger partial charge in [0.05, 0.1) is 16.9 Å². The first-order valence-electron chi connectivity index (χ1n) is 9.66. The summed E-state index contributed by atoms with van der Waals surface area (Å²) < 4.78 is 7.53. The summed E-state index contributed by atoms with van der Waals surface area (Å²) in [7, 11) is 0. The van der Waals surface area contributed by atoms with Crippen molar-refractivity contribution in [1.29, 1.82) is 0 Å². The normalized spacial score (nSPS) is 10.9. The number of aromatic nitrogens is 3. The summed E-state index contributed by atoms with van der Waals surface area (Å²) in [5.41, 5.74) is 5.04. The van der Waals surface area contributed by atoms with Crippen LogP contribution < -0.4 is 10.1 Å². The maximum Gasteiger partial charge on any atom is 0.256 e. The third kappa shape index (κ3) is 4.58. The minimum absolute atomic E-state index is 0.110. The average Bonchev–Trinajstić information content (AvgIpc) is 3.43. The molecule has 152 valence electrons. The first kappa shape index (κ1) is 19.8. The van der Waals surface area contributed by atoms with Crippen LogP contribution in [0.25, 0.3) is 11.3 Å². The Balaban J connectivity index is 1.47. The van der Waals surface area contributed by atoms with Crippen molar-refractivity contribution in [2.75, 3.05) is 5.32 Å². The van der Waals surface area contributed by atoms with E-state index in [9.17, 15) is 4.79 Å². The third-order valence-electron chi connectivity index (χ3n) is 4.52. The Morgan fingerprint density at radius 2 is 1.90 bits per heavy atom. The molecule has 0 bridgehead atoms. The van der Waals surface area contributed by atoms with E-state index in [1.54, 1.807) is 29.8 Å². The van der Waals surface area contributed by atoms with E-state index in [-0.39, 0.29) is 11.9 Å². The van der Waals surface area contributed by atoms with E-state index < -0.39 is 0 Å². The summed E-state index contributed by atoms with van der Waals surface area (Å²) in [6.45, 7) is 4.47. The standard InChI is InChI=1S/C23H22N4O2S/c1-16(2)27-22(12-21(26-27)17-6-4-3-5-7-17)25-23(28)18-8-10-20(11-9-18)29-13-19-14-30-15-24-19/h3-12,14-16H,13H2,1-2H3,(H,25,28). The molecule has 2 aromatic carbocycles. The Hall–Kier alpha value is -3.45. The second-order valence-corrected chi connectivity index (χ2v) is 7.78. The van der Waals surface area contributed by atoms with Gasteiger partial charge in [0.25, 0.3) is 5.91 Å². The van der Waals surface area contributed by atoms with E-state index in [1.165, 1.54) is 11.3 Å². The quantitative estimate of drug-likeness (QED) is 0.435. The van der Waals surface area contributed by atoms with Gasteiger partial charge in [-0.1, -0.05) is 30.3 Å². The number of hydrogen-bond acceptors (Lipinski definition) is 5. The van der Waals surface area contributed by atoms with E-state index in [4.69, 9.17) is 4.74 Å². The fourth-order valence-electron chi connectivity index (χ4n) is 2.99. The average molecular weight is 419 g/mol. The zero-order valence-electron chi connectivity index (χ0n) is 16.8. The van der Waals surface area contributed by atoms with Crippen LogP contribution in [-0.2, 0) is 6.61 Å². The minimum atomic E-state index is -0.192. The van der Waals surface area contributed by atoms with Gasteiger partial charge in [-0.15, -0.1) is 11.3 Å². The fraction of sp³-hybridized carbons (Fsp3) is 0.174. The van der Waals surface area contributed by atoms with Crippen molar-refractivity contribution in [3.05, 3.63) is 82.8 Å². The number of anilines is 1. The highest BCUT2D eigenvalue weighted by Gasteiger charge is 2.15. The number of benzene rings is 2. The van der Waals surface area contributed by atoms with Crippen LogP contribution >= 0.6 is 11.3 Å². The van der Waals surface area contributed by atoms with Gasteiger partial charge in [-0.05, 0) is 38.1 Å². The Kier molecular flexibility index (Phi) is 5.90. The number of carbonyl (C=O) groups is 1. The summed E-state index contributed by atoms with van der Waals surface area (Å²) in [5, 5.41) is 9.60. The van der Waals surface area contributed by atoms with Crippen LogP contribution in [0.15, 0.2) is 71.6 Å². The second kappa shape index (κ2) is 8.92. The van der Waals surface area contributed by atoms with Crippen molar-refractivity contribution in [2.45, 2.75) is 26.5 Å². The zero-order valence-corrected chi connectivity index (χ0v) is 17.6. The van der Waals surface area contributed by atoms with Gasteiger partial charge in [0.1, 0.15) is 18.2 Å². The molecule has 0 aliphatic heterocycles. The molecule has 30 heavy (non-hydrogen) atoms. The van der Waals surface area contributed by atoms with Crippen molar-refractivity contribution in [1.82, 2.24) is 14.8 Å². The van der Waals surface area contributed by atoms with Crippen molar-refractivity contribution in [2.24, 2.45) is 0 Å². The van der Waals surface area contributed by atoms with E-state index in [2.05, 4.69) is 15.4 Å². The number of thiazole rings is 1. The second-order valence-electron chi connectivity index (χ2n) is 7.07. The lowest BCUT2D eigenvalue weighted by molar-refractivity contribution is 0.102. The molecule has 7 heteroatoms. The van der Waals surface area contributed by atoms with E-state index in [1.807, 2.05) is 60.3 Å². The van der Waals surface area contributed by atoms with Gasteiger partial charge in [0, 0.05) is 28.6 Å². The zero-order chi connectivity index (χ0) is 20.9. The van der Waals surface area contributed by atoms with Crippen LogP contribution in [0.5, 0.6) is 5.75 Å². The summed E-state index contributed by atoms with van der Waals surface area (Å²) in [6.07, 6.45) is 0. The Bertz CT molecular complexity index is 1100. The molecular weight excluding hydrogens is 396 g/mol. The molecule has 0 spiro atoms. The van der Waals surface area contributed by atoms with Gasteiger partial charge in [-0.25, -0.2) is 9.67 Å². The van der Waals surface area contributed by atoms with Crippen LogP contribution in [0.2, 0.25) is 0 Å². The van der Waals surface area contributed by atoms with E-state index in [0.717, 1.165) is 17.0 Å². The van der Waals surface area contributed by atoms with Crippen molar-refractivity contribution < 1.29 is 9.53 Å². The van der Waals surface area contributed by atoms with Gasteiger partial charge in [-0.2, -0.15) is 5.10 Å². The smallest absolute Gasteiger partial charge is 0.256 e. The lowest BCUT2D eigenvalue weighted by Crippen LogP contribution is -2.16. The van der Waals surface area contributed by atoms with Crippen molar-refractivity contribution in [3.8, 4) is 17.0 Å². The number of carbonyl (C=O) groups excluding carboxylic acids is 1. The maximum atomic E-state index is 12.8. The lowest BCUT2D eigenvalue weighted by atomic mass is 10.1. The highest BCUT2D eigenvalue weighted by molar-refractivity contribution is 7.07. The molecule has 4 aromatic rings. The first-order valence-corrected chi connectivity index (χ1v) is 10.6. The molecule has 0 saturated carbocycles. The molecule has 0 fully saturated rings. The largest absolute Gasteiger partial charge is 0.487 e. The molecule has 0 atom stereocenters. The molecule has 0 aliphatic carbocycles. The van der Waals surface area contributed by atoms with Crippen molar-refractivity contribution in [3.63, 3.8) is 0 Å². The fourth-order valence-corrected chi connectivity index (χ4v) is 3.53. The number of nitrogens with zero attached hydrogens (tertiary/aromatic N) is 3. The number of rotatable bonds is 7. The van der Waals surface area contributed by atoms with Gasteiger partial charge in [0.2, 0.25) is 0 Å². The predicted molar refractivity (Wildman–Crippen MR) is 119 cm³/mol. The maximum absolute atomic E-state index is 12.8. The molecule has 1 N–H and O–H groups in total. The molecule has 6 nitrogen and oxygen atoms in total. The highest BCUT2D eigenvalue weighted by Crippen LogP contribution is 2.25. The topological polar surface area (TPSA) is 69.0 Å². The minimum Gasteiger partial charge on any atom is -0.487 e. The molecule has 4 rings (SSSR count). The number of amides is 1. The number of nitrogens with one attached hydrogen (secondary N) is 1. The van der Waals surface area contributed by atoms with Crippen LogP contribution in [0, 0.1) is 0 Å². The van der Waals surface area contributed by atoms with Gasteiger partial charge in [0.15, 0.2) is 0 Å². The van der Waals surface area contributed by atoms with E-state index >= 15 is 0 Å². The summed E-state index contributed by atoms with van der Waals surface area (Å²) in [6, 6.07) is 19.0. The van der Waals surface area contributed by atoms with Crippen LogP contribution in [0.3, 0.4) is 0 Å². The number of ether oxygens (including phenoxy) is 1. The summed E-state index contributed by atoms with van der Waals surface area (Å²) in [5.74, 6) is 1.17. The molecule has 0 aliphatic rings. The Labute approximate surface area is 179 Å². The Morgan fingerprint density at radius 3 is 2.57 bits per heavy atom. The predicted octanol–water partition coefficient (Wildman–Crippen LogP) is 5.42.